The Morgan fingerprint density at radius 2 is 2.08 bits per heavy atom. The third-order valence-electron chi connectivity index (χ3n) is 1.43. The Morgan fingerprint density at radius 3 is 2.54 bits per heavy atom. The molecule has 0 bridgehead atoms. The Balaban J connectivity index is 3.19. The number of aromatic nitrogens is 1. The third-order valence-corrected chi connectivity index (χ3v) is 1.74. The van der Waals surface area contributed by atoms with E-state index in [0.29, 0.717) is 5.56 Å². The molecule has 2 nitrogen and oxygen atoms in total. The fraction of sp³-hybridized carbons (Fsp3) is 0.286. The number of hydrogen-bond acceptors (Lipinski definition) is 2. The van der Waals surface area contributed by atoms with Crippen LogP contribution in [-0.4, -0.2) is 4.98 Å². The highest BCUT2D eigenvalue weighted by atomic mass is 35.5. The molecular weight excluding hydrogens is 205 g/mol. The van der Waals surface area contributed by atoms with E-state index in [2.05, 4.69) is 4.98 Å². The smallest absolute Gasteiger partial charge is 0.383 e. The molecule has 0 aliphatic carbocycles. The van der Waals surface area contributed by atoms with Crippen molar-refractivity contribution in [3.05, 3.63) is 23.4 Å². The zero-order chi connectivity index (χ0) is 10.1. The van der Waals surface area contributed by atoms with Gasteiger partial charge in [-0.05, 0) is 11.6 Å². The monoisotopic (exact) mass is 210 g/mol. The van der Waals surface area contributed by atoms with E-state index in [-0.39, 0.29) is 5.88 Å². The molecule has 13 heavy (non-hydrogen) atoms. The number of halogens is 4. The molecular formula is C7H6ClF3N2. The highest BCUT2D eigenvalue weighted by Gasteiger charge is 2.33. The molecule has 1 aromatic heterocycles. The quantitative estimate of drug-likeness (QED) is 0.723. The van der Waals surface area contributed by atoms with Gasteiger partial charge in [0, 0.05) is 12.1 Å². The molecule has 0 aliphatic heterocycles. The van der Waals surface area contributed by atoms with E-state index in [1.165, 1.54) is 6.20 Å². The minimum absolute atomic E-state index is 0.0175. The number of rotatable bonds is 1. The first kappa shape index (κ1) is 10.1. The molecule has 0 aromatic carbocycles. The summed E-state index contributed by atoms with van der Waals surface area (Å²) in [4.78, 5) is 3.39. The van der Waals surface area contributed by atoms with Crippen molar-refractivity contribution in [2.45, 2.75) is 12.1 Å². The standard InChI is InChI=1S/C7H6ClF3N2/c8-2-4-1-5(7(9,10)11)6(12)13-3-4/h1,3H,2H2,(H2,12,13). The van der Waals surface area contributed by atoms with Gasteiger partial charge in [-0.2, -0.15) is 13.2 Å². The average molecular weight is 211 g/mol. The van der Waals surface area contributed by atoms with Gasteiger partial charge >= 0.3 is 6.18 Å². The molecule has 0 spiro atoms. The van der Waals surface area contributed by atoms with Crippen LogP contribution in [0.5, 0.6) is 0 Å². The van der Waals surface area contributed by atoms with Gasteiger partial charge in [-0.25, -0.2) is 4.98 Å². The van der Waals surface area contributed by atoms with Crippen molar-refractivity contribution in [1.29, 1.82) is 0 Å². The summed E-state index contributed by atoms with van der Waals surface area (Å²) in [5.74, 6) is -0.544. The predicted octanol–water partition coefficient (Wildman–Crippen LogP) is 2.42. The number of hydrogen-bond donors (Lipinski definition) is 1. The normalized spacial score (nSPS) is 11.7. The van der Waals surface area contributed by atoms with E-state index >= 15 is 0 Å². The Bertz CT molecular complexity index is 311. The van der Waals surface area contributed by atoms with Gasteiger partial charge in [0.05, 0.1) is 5.56 Å². The van der Waals surface area contributed by atoms with Crippen LogP contribution in [0, 0.1) is 0 Å². The minimum atomic E-state index is -4.47. The van der Waals surface area contributed by atoms with Gasteiger partial charge in [0.15, 0.2) is 0 Å². The Labute approximate surface area is 77.5 Å². The fourth-order valence-electron chi connectivity index (χ4n) is 0.819. The van der Waals surface area contributed by atoms with Crippen molar-refractivity contribution in [2.75, 3.05) is 5.73 Å². The lowest BCUT2D eigenvalue weighted by molar-refractivity contribution is -0.137. The Kier molecular flexibility index (Phi) is 2.66. The van der Waals surface area contributed by atoms with Gasteiger partial charge in [-0.3, -0.25) is 0 Å². The van der Waals surface area contributed by atoms with E-state index in [1.807, 2.05) is 0 Å². The largest absolute Gasteiger partial charge is 0.419 e. The topological polar surface area (TPSA) is 38.9 Å². The predicted molar refractivity (Wildman–Crippen MR) is 43.2 cm³/mol. The van der Waals surface area contributed by atoms with Crippen LogP contribution < -0.4 is 5.73 Å². The van der Waals surface area contributed by atoms with Gasteiger partial charge < -0.3 is 5.73 Å². The van der Waals surface area contributed by atoms with E-state index in [4.69, 9.17) is 17.3 Å². The van der Waals surface area contributed by atoms with Gasteiger partial charge in [0.2, 0.25) is 0 Å². The molecule has 0 amide bonds. The molecule has 0 saturated carbocycles. The van der Waals surface area contributed by atoms with Crippen LogP contribution in [0.3, 0.4) is 0 Å². The molecule has 1 heterocycles. The number of pyridine rings is 1. The second-order valence-corrected chi connectivity index (χ2v) is 2.68. The molecule has 1 aromatic rings. The van der Waals surface area contributed by atoms with E-state index in [1.54, 1.807) is 0 Å². The van der Waals surface area contributed by atoms with E-state index < -0.39 is 17.6 Å². The number of alkyl halides is 4. The van der Waals surface area contributed by atoms with E-state index in [0.717, 1.165) is 6.07 Å². The van der Waals surface area contributed by atoms with Crippen LogP contribution in [0.15, 0.2) is 12.3 Å². The second kappa shape index (κ2) is 3.41. The summed E-state index contributed by atoms with van der Waals surface area (Å²) < 4.78 is 36.6. The van der Waals surface area contributed by atoms with Crippen LogP contribution >= 0.6 is 11.6 Å². The minimum Gasteiger partial charge on any atom is -0.383 e. The zero-order valence-corrected chi connectivity index (χ0v) is 7.15. The second-order valence-electron chi connectivity index (χ2n) is 2.41. The lowest BCUT2D eigenvalue weighted by atomic mass is 10.2. The molecule has 0 radical (unpaired) electrons. The maximum atomic E-state index is 12.2. The first-order valence-corrected chi connectivity index (χ1v) is 3.86. The lowest BCUT2D eigenvalue weighted by Crippen LogP contribution is -2.10. The van der Waals surface area contributed by atoms with Gasteiger partial charge in [-0.1, -0.05) is 0 Å². The maximum absolute atomic E-state index is 12.2. The number of anilines is 1. The lowest BCUT2D eigenvalue weighted by Gasteiger charge is -2.09. The summed E-state index contributed by atoms with van der Waals surface area (Å²) in [6.07, 6.45) is -3.25. The highest BCUT2D eigenvalue weighted by Crippen LogP contribution is 2.32. The zero-order valence-electron chi connectivity index (χ0n) is 6.40. The molecule has 1 rings (SSSR count). The van der Waals surface area contributed by atoms with Crippen molar-refractivity contribution in [2.24, 2.45) is 0 Å². The highest BCUT2D eigenvalue weighted by molar-refractivity contribution is 6.17. The molecule has 6 heteroatoms. The molecule has 0 unspecified atom stereocenters. The molecule has 0 fully saturated rings. The maximum Gasteiger partial charge on any atom is 0.419 e. The average Bonchev–Trinajstić information content (AvgIpc) is 2.03. The summed E-state index contributed by atoms with van der Waals surface area (Å²) in [7, 11) is 0. The van der Waals surface area contributed by atoms with E-state index in [9.17, 15) is 13.2 Å². The SMILES string of the molecule is Nc1ncc(CCl)cc1C(F)(F)F. The molecule has 0 saturated heterocycles. The number of nitrogen functional groups attached to an aromatic ring is 1. The van der Waals surface area contributed by atoms with Gasteiger partial charge in [-0.15, -0.1) is 11.6 Å². The third kappa shape index (κ3) is 2.24. The Hall–Kier alpha value is -0.970. The van der Waals surface area contributed by atoms with Crippen LogP contribution in [0.25, 0.3) is 0 Å². The molecule has 0 atom stereocenters. The Morgan fingerprint density at radius 1 is 1.46 bits per heavy atom. The number of nitrogens with zero attached hydrogens (tertiary/aromatic N) is 1. The summed E-state index contributed by atoms with van der Waals surface area (Å²) in [6, 6.07) is 0.898. The summed E-state index contributed by atoms with van der Waals surface area (Å²) in [6.45, 7) is 0. The summed E-state index contributed by atoms with van der Waals surface area (Å²) in [5.41, 5.74) is 4.41. The molecule has 72 valence electrons. The van der Waals surface area contributed by atoms with Crippen molar-refractivity contribution in [3.8, 4) is 0 Å². The number of nitrogens with two attached hydrogens (primary N) is 1. The molecule has 2 N–H and O–H groups in total. The first-order chi connectivity index (χ1) is 5.95. The van der Waals surface area contributed by atoms with Crippen LogP contribution in [0.2, 0.25) is 0 Å². The van der Waals surface area contributed by atoms with Crippen molar-refractivity contribution < 1.29 is 13.2 Å². The van der Waals surface area contributed by atoms with Crippen LogP contribution in [0.4, 0.5) is 19.0 Å². The van der Waals surface area contributed by atoms with Crippen LogP contribution in [-0.2, 0) is 12.1 Å². The summed E-state index contributed by atoms with van der Waals surface area (Å²) >= 11 is 5.35. The fourth-order valence-corrected chi connectivity index (χ4v) is 0.965. The van der Waals surface area contributed by atoms with Crippen molar-refractivity contribution in [3.63, 3.8) is 0 Å². The summed E-state index contributed by atoms with van der Waals surface area (Å²) in [5, 5.41) is 0. The van der Waals surface area contributed by atoms with Crippen LogP contribution in [0.1, 0.15) is 11.1 Å². The van der Waals surface area contributed by atoms with Crippen molar-refractivity contribution in [1.82, 2.24) is 4.98 Å². The van der Waals surface area contributed by atoms with Gasteiger partial charge in [0.25, 0.3) is 0 Å². The first-order valence-electron chi connectivity index (χ1n) is 3.32. The molecule has 0 aliphatic rings. The van der Waals surface area contributed by atoms with Crippen molar-refractivity contribution >= 4 is 17.4 Å². The van der Waals surface area contributed by atoms with Gasteiger partial charge in [0.1, 0.15) is 5.82 Å².